The van der Waals surface area contributed by atoms with Gasteiger partial charge in [-0.05, 0) is 103 Å². The third kappa shape index (κ3) is 8.52. The van der Waals surface area contributed by atoms with Crippen LogP contribution in [0.1, 0.15) is 114 Å². The summed E-state index contributed by atoms with van der Waals surface area (Å²) in [7, 11) is -1.33. The fourth-order valence-corrected chi connectivity index (χ4v) is 8.37. The fraction of sp³-hybridized carbons (Fsp3) is 0.479. The number of carbonyl (C=O) groups is 5. The molecule has 8 rings (SSSR count). The van der Waals surface area contributed by atoms with Crippen molar-refractivity contribution < 1.29 is 61.5 Å². The van der Waals surface area contributed by atoms with E-state index in [2.05, 4.69) is 0 Å². The molecule has 0 N–H and O–H groups in total. The molecule has 2 saturated heterocycles. The van der Waals surface area contributed by atoms with E-state index in [9.17, 15) is 24.0 Å². The minimum atomic E-state index is -1.40. The first-order chi connectivity index (χ1) is 30.2. The Hall–Kier alpha value is -4.96. The number of hydrogen-bond donors (Lipinski definition) is 0. The van der Waals surface area contributed by atoms with Gasteiger partial charge in [-0.2, -0.15) is 0 Å². The van der Waals surface area contributed by atoms with Crippen LogP contribution in [0, 0.1) is 0 Å². The summed E-state index contributed by atoms with van der Waals surface area (Å²) in [4.78, 5) is 63.7. The zero-order chi connectivity index (χ0) is 45.8. The van der Waals surface area contributed by atoms with Gasteiger partial charge in [0.05, 0.1) is 47.8 Å². The van der Waals surface area contributed by atoms with Gasteiger partial charge in [0, 0.05) is 67.7 Å². The molecule has 336 valence electrons. The first-order valence-corrected chi connectivity index (χ1v) is 22.0. The Bertz CT molecular complexity index is 2290. The van der Waals surface area contributed by atoms with Crippen molar-refractivity contribution in [2.45, 2.75) is 115 Å². The Labute approximate surface area is 374 Å². The third-order valence-electron chi connectivity index (χ3n) is 13.5. The van der Waals surface area contributed by atoms with E-state index in [0.717, 1.165) is 15.8 Å². The summed E-state index contributed by atoms with van der Waals surface area (Å²) in [5, 5.41) is 0. The first kappa shape index (κ1) is 45.6. The van der Waals surface area contributed by atoms with E-state index < -0.39 is 60.0 Å². The summed E-state index contributed by atoms with van der Waals surface area (Å²) in [5.41, 5.74) is 0.747. The quantitative estimate of drug-likeness (QED) is 0.0768. The van der Waals surface area contributed by atoms with Gasteiger partial charge in [0.1, 0.15) is 23.1 Å². The zero-order valence-electron chi connectivity index (χ0n) is 37.8. The second-order valence-corrected chi connectivity index (χ2v) is 19.0. The number of amides is 2. The van der Waals surface area contributed by atoms with Crippen LogP contribution >= 0.6 is 0 Å². The van der Waals surface area contributed by atoms with Crippen LogP contribution in [0.5, 0.6) is 11.5 Å². The summed E-state index contributed by atoms with van der Waals surface area (Å²) in [6.45, 7) is 17.2. The van der Waals surface area contributed by atoms with Crippen LogP contribution in [0.2, 0.25) is 0 Å². The largest absolute Gasteiger partial charge is 0.494 e. The van der Waals surface area contributed by atoms with E-state index in [0.29, 0.717) is 59.0 Å². The maximum atomic E-state index is 13.9. The van der Waals surface area contributed by atoms with E-state index in [-0.39, 0.29) is 57.0 Å². The minimum Gasteiger partial charge on any atom is -0.456 e. The van der Waals surface area contributed by atoms with Gasteiger partial charge >= 0.3 is 20.2 Å². The average Bonchev–Trinajstić information content (AvgIpc) is 3.86. The minimum absolute atomic E-state index is 0.0429. The molecule has 1 spiro atoms. The lowest BCUT2D eigenvalue weighted by atomic mass is 9.72. The van der Waals surface area contributed by atoms with Gasteiger partial charge in [0.2, 0.25) is 0 Å². The molecule has 5 aliphatic rings. The van der Waals surface area contributed by atoms with E-state index in [4.69, 9.17) is 37.6 Å². The van der Waals surface area contributed by atoms with Crippen molar-refractivity contribution >= 4 is 54.5 Å². The number of ketones is 2. The van der Waals surface area contributed by atoms with E-state index in [1.807, 2.05) is 97.9 Å². The predicted octanol–water partition coefficient (Wildman–Crippen LogP) is 5.05. The number of imide groups is 1. The molecule has 5 heterocycles. The highest BCUT2D eigenvalue weighted by Gasteiger charge is 2.57. The molecular weight excluding hydrogens is 820 g/mol. The molecule has 0 unspecified atom stereocenters. The van der Waals surface area contributed by atoms with Crippen molar-refractivity contribution in [3.8, 4) is 11.5 Å². The zero-order valence-corrected chi connectivity index (χ0v) is 37.8. The second-order valence-electron chi connectivity index (χ2n) is 19.0. The van der Waals surface area contributed by atoms with Crippen LogP contribution < -0.4 is 15.7 Å². The lowest BCUT2D eigenvalue weighted by Gasteiger charge is -2.37. The lowest BCUT2D eigenvalue weighted by Crippen LogP contribution is -2.41. The Morgan fingerprint density at radius 1 is 0.594 bits per heavy atom. The maximum absolute atomic E-state index is 13.9. The smallest absolute Gasteiger partial charge is 0.456 e. The van der Waals surface area contributed by atoms with Crippen molar-refractivity contribution in [1.82, 2.24) is 4.90 Å². The molecule has 3 aromatic rings. The van der Waals surface area contributed by atoms with Crippen LogP contribution in [-0.2, 0) is 64.0 Å². The number of benzene rings is 3. The van der Waals surface area contributed by atoms with Gasteiger partial charge < -0.3 is 37.6 Å². The number of Topliss-reactive ketones (excluding diaryl/α,β-unsaturated/α-hetero) is 2. The highest BCUT2D eigenvalue weighted by Crippen LogP contribution is 2.56. The molecule has 16 heteroatoms. The topological polar surface area (TPSA) is 162 Å². The molecule has 64 heavy (non-hydrogen) atoms. The van der Waals surface area contributed by atoms with Crippen LogP contribution in [0.3, 0.4) is 0 Å². The Kier molecular flexibility index (Phi) is 12.2. The van der Waals surface area contributed by atoms with Crippen molar-refractivity contribution in [2.24, 2.45) is 0 Å². The number of fused-ring (bicyclic) bond motifs is 6. The van der Waals surface area contributed by atoms with Crippen LogP contribution in [0.4, 0.5) is 0 Å². The van der Waals surface area contributed by atoms with Crippen molar-refractivity contribution in [3.05, 3.63) is 94.6 Å². The Balaban J connectivity index is 0.939. The van der Waals surface area contributed by atoms with Crippen molar-refractivity contribution in [1.29, 1.82) is 0 Å². The summed E-state index contributed by atoms with van der Waals surface area (Å²) in [6.07, 6.45) is 3.58. The van der Waals surface area contributed by atoms with Crippen molar-refractivity contribution in [2.75, 3.05) is 33.0 Å². The fourth-order valence-electron chi connectivity index (χ4n) is 8.37. The molecular formula is C48H55B2NO13. The summed E-state index contributed by atoms with van der Waals surface area (Å²) >= 11 is 0. The van der Waals surface area contributed by atoms with E-state index in [1.54, 1.807) is 12.1 Å². The number of carbonyl (C=O) groups excluding carboxylic acids is 5. The van der Waals surface area contributed by atoms with Crippen LogP contribution in [0.15, 0.2) is 66.7 Å². The molecule has 5 aliphatic heterocycles. The molecule has 2 amide bonds. The number of hydrogen-bond acceptors (Lipinski definition) is 13. The van der Waals surface area contributed by atoms with Crippen LogP contribution in [0.25, 0.3) is 0 Å². The monoisotopic (exact) mass is 875 g/mol. The Morgan fingerprint density at radius 3 is 1.67 bits per heavy atom. The van der Waals surface area contributed by atoms with Gasteiger partial charge in [0.25, 0.3) is 11.8 Å². The number of nitrogens with zero attached hydrogens (tertiary/aromatic N) is 1. The lowest BCUT2D eigenvalue weighted by molar-refractivity contribution is -0.137. The second kappa shape index (κ2) is 17.1. The van der Waals surface area contributed by atoms with Gasteiger partial charge in [-0.15, -0.1) is 0 Å². The number of rotatable bonds is 17. The summed E-state index contributed by atoms with van der Waals surface area (Å²) < 4.78 is 50.1. The maximum Gasteiger partial charge on any atom is 0.494 e. The summed E-state index contributed by atoms with van der Waals surface area (Å²) in [5.74, 6) is -0.457. The Morgan fingerprint density at radius 2 is 1.12 bits per heavy atom. The SMILES string of the molecule is CC1(C)OB(c2ccc3c(c2)Oc2cc(B4OC(C)(C)C(C)(C)O4)ccc2C32OC(=O)c3ccc(CC(=O)CCOCCOCCCC(=O)CCN4C(=O)C=CC4=O)cc32)OC1(C)C. The number of ether oxygens (including phenoxy) is 4. The van der Waals surface area contributed by atoms with Gasteiger partial charge in [-0.1, -0.05) is 30.3 Å². The molecule has 0 atom stereocenters. The predicted molar refractivity (Wildman–Crippen MR) is 236 cm³/mol. The normalized spacial score (nSPS) is 20.4. The van der Waals surface area contributed by atoms with Gasteiger partial charge in [-0.25, -0.2) is 4.79 Å². The molecule has 0 bridgehead atoms. The first-order valence-electron chi connectivity index (χ1n) is 22.0. The molecule has 0 radical (unpaired) electrons. The van der Waals surface area contributed by atoms with Crippen LogP contribution in [-0.4, -0.2) is 104 Å². The molecule has 0 saturated carbocycles. The van der Waals surface area contributed by atoms with E-state index in [1.165, 1.54) is 12.2 Å². The van der Waals surface area contributed by atoms with Gasteiger partial charge in [0.15, 0.2) is 5.60 Å². The molecule has 2 fully saturated rings. The highest BCUT2D eigenvalue weighted by molar-refractivity contribution is 6.62. The molecule has 3 aromatic carbocycles. The van der Waals surface area contributed by atoms with E-state index >= 15 is 0 Å². The number of esters is 1. The van der Waals surface area contributed by atoms with Crippen molar-refractivity contribution in [3.63, 3.8) is 0 Å². The average molecular weight is 876 g/mol. The highest BCUT2D eigenvalue weighted by atomic mass is 16.7. The van der Waals surface area contributed by atoms with Gasteiger partial charge in [-0.3, -0.25) is 24.1 Å². The summed E-state index contributed by atoms with van der Waals surface area (Å²) in [6, 6.07) is 16.7. The third-order valence-corrected chi connectivity index (χ3v) is 13.5. The molecule has 0 aliphatic carbocycles. The molecule has 14 nitrogen and oxygen atoms in total. The standard InChI is InChI=1S/C48H55B2NO13/c1-44(2)45(3,4)62-49(61-44)31-12-15-36-39(28-31)59-40-29-32(50-63-46(5,6)47(7,8)64-50)13-16-37(40)48(36)38-27-30(11-14-35(38)43(56)60-48)26-34(53)20-23-58-25-24-57-22-9-10-33(52)19-21-51-41(54)17-18-42(51)55/h11-18,27-29H,9-10,19-26H2,1-8H3. The molecule has 0 aromatic heterocycles.